The second kappa shape index (κ2) is 8.46. The van der Waals surface area contributed by atoms with Crippen LogP contribution in [0.3, 0.4) is 0 Å². The maximum absolute atomic E-state index is 13.9. The molecule has 1 N–H and O–H groups in total. The van der Waals surface area contributed by atoms with E-state index >= 15 is 0 Å². The topological polar surface area (TPSA) is 80.2 Å². The molecule has 1 amide bonds. The molecule has 0 radical (unpaired) electrons. The van der Waals surface area contributed by atoms with Crippen LogP contribution in [0.4, 0.5) is 10.2 Å². The molecule has 1 saturated heterocycles. The van der Waals surface area contributed by atoms with E-state index < -0.39 is 0 Å². The summed E-state index contributed by atoms with van der Waals surface area (Å²) in [5, 5.41) is 3.48. The van der Waals surface area contributed by atoms with Gasteiger partial charge < -0.3 is 15.0 Å². The summed E-state index contributed by atoms with van der Waals surface area (Å²) in [5.74, 6) is 1.38. The van der Waals surface area contributed by atoms with Crippen LogP contribution in [0.5, 0.6) is 5.75 Å². The molecular formula is C25H22FN5O2. The number of benzene rings is 2. The van der Waals surface area contributed by atoms with Crippen LogP contribution in [0.2, 0.25) is 0 Å². The minimum atomic E-state index is -0.314. The molecule has 1 fully saturated rings. The Kier molecular flexibility index (Phi) is 5.34. The van der Waals surface area contributed by atoms with E-state index in [4.69, 9.17) is 14.7 Å². The highest BCUT2D eigenvalue weighted by Crippen LogP contribution is 2.39. The minimum absolute atomic E-state index is 0.00937. The van der Waals surface area contributed by atoms with Crippen molar-refractivity contribution >= 4 is 22.6 Å². The molecule has 0 aliphatic carbocycles. The highest BCUT2D eigenvalue weighted by molar-refractivity contribution is 5.99. The van der Waals surface area contributed by atoms with E-state index in [2.05, 4.69) is 15.2 Å². The highest BCUT2D eigenvalue weighted by Gasteiger charge is 2.34. The number of amides is 1. The summed E-state index contributed by atoms with van der Waals surface area (Å²) < 4.78 is 19.6. The fourth-order valence-corrected chi connectivity index (χ4v) is 4.06. The Balaban J connectivity index is 1.70. The largest absolute Gasteiger partial charge is 0.494 e. The first-order valence-electron chi connectivity index (χ1n) is 10.6. The summed E-state index contributed by atoms with van der Waals surface area (Å²) in [7, 11) is 3.22. The van der Waals surface area contributed by atoms with Crippen molar-refractivity contribution < 1.29 is 13.9 Å². The maximum atomic E-state index is 13.9. The summed E-state index contributed by atoms with van der Waals surface area (Å²) in [6, 6.07) is 13.9. The van der Waals surface area contributed by atoms with Crippen molar-refractivity contribution in [3.63, 3.8) is 0 Å². The number of pyridine rings is 1. The normalized spacial score (nSPS) is 13.6. The van der Waals surface area contributed by atoms with Crippen molar-refractivity contribution in [1.82, 2.24) is 20.3 Å². The summed E-state index contributed by atoms with van der Waals surface area (Å²) in [6.45, 7) is 1.09. The van der Waals surface area contributed by atoms with Gasteiger partial charge in [0.25, 0.3) is 0 Å². The van der Waals surface area contributed by atoms with E-state index in [1.807, 2.05) is 30.3 Å². The first kappa shape index (κ1) is 20.8. The quantitative estimate of drug-likeness (QED) is 0.507. The van der Waals surface area contributed by atoms with E-state index in [-0.39, 0.29) is 17.6 Å². The van der Waals surface area contributed by atoms with E-state index in [1.54, 1.807) is 32.6 Å². The molecule has 0 unspecified atom stereocenters. The van der Waals surface area contributed by atoms with Gasteiger partial charge in [0.05, 0.1) is 13.0 Å². The van der Waals surface area contributed by atoms with Crippen LogP contribution in [0.1, 0.15) is 0 Å². The smallest absolute Gasteiger partial charge is 0.226 e. The van der Waals surface area contributed by atoms with Crippen LogP contribution in [0.25, 0.3) is 33.4 Å². The Bertz CT molecular complexity index is 1340. The van der Waals surface area contributed by atoms with Gasteiger partial charge in [0, 0.05) is 43.5 Å². The van der Waals surface area contributed by atoms with E-state index in [1.165, 1.54) is 12.1 Å². The number of carbonyl (C=O) groups excluding carboxylic acids is 1. The molecule has 2 aromatic heterocycles. The molecule has 0 spiro atoms. The van der Waals surface area contributed by atoms with Crippen LogP contribution < -0.4 is 15.0 Å². The molecule has 1 aliphatic rings. The summed E-state index contributed by atoms with van der Waals surface area (Å²) >= 11 is 0. The molecule has 7 nitrogen and oxygen atoms in total. The standard InChI is InChI=1S/C25H22FN5O2/c1-27-25(32)18-13-31(14-18)24-20-10-17(15-5-3-7-19(26)9-15)11-21(33-2)22(20)29-23(30-24)16-6-4-8-28-12-16/h3-12,18H,13-14H2,1-2H3,(H,27,32). The van der Waals surface area contributed by atoms with Crippen molar-refractivity contribution in [3.8, 4) is 28.3 Å². The van der Waals surface area contributed by atoms with Crippen LogP contribution in [0.15, 0.2) is 60.9 Å². The molecule has 0 bridgehead atoms. The van der Waals surface area contributed by atoms with Crippen molar-refractivity contribution in [2.45, 2.75) is 0 Å². The Labute approximate surface area is 190 Å². The lowest BCUT2D eigenvalue weighted by molar-refractivity contribution is -0.125. The first-order chi connectivity index (χ1) is 16.1. The van der Waals surface area contributed by atoms with E-state index in [0.29, 0.717) is 36.0 Å². The van der Waals surface area contributed by atoms with Crippen LogP contribution in [-0.4, -0.2) is 48.1 Å². The van der Waals surface area contributed by atoms with E-state index in [0.717, 1.165) is 22.1 Å². The zero-order chi connectivity index (χ0) is 22.9. The predicted molar refractivity (Wildman–Crippen MR) is 124 cm³/mol. The second-order valence-corrected chi connectivity index (χ2v) is 7.91. The number of carbonyl (C=O) groups is 1. The highest BCUT2D eigenvalue weighted by atomic mass is 19.1. The van der Waals surface area contributed by atoms with Gasteiger partial charge in [-0.15, -0.1) is 0 Å². The molecule has 8 heteroatoms. The van der Waals surface area contributed by atoms with Gasteiger partial charge in [0.2, 0.25) is 5.91 Å². The summed E-state index contributed by atoms with van der Waals surface area (Å²) in [5.41, 5.74) is 2.94. The number of fused-ring (bicyclic) bond motifs is 1. The number of ether oxygens (including phenoxy) is 1. The number of hydrogen-bond donors (Lipinski definition) is 1. The van der Waals surface area contributed by atoms with Crippen molar-refractivity contribution in [3.05, 3.63) is 66.7 Å². The molecule has 0 atom stereocenters. The van der Waals surface area contributed by atoms with Gasteiger partial charge >= 0.3 is 0 Å². The molecule has 5 rings (SSSR count). The van der Waals surface area contributed by atoms with Crippen molar-refractivity contribution in [1.29, 1.82) is 0 Å². The minimum Gasteiger partial charge on any atom is -0.494 e. The number of hydrogen-bond acceptors (Lipinski definition) is 6. The summed E-state index contributed by atoms with van der Waals surface area (Å²) in [4.78, 5) is 27.9. The zero-order valence-electron chi connectivity index (χ0n) is 18.2. The monoisotopic (exact) mass is 443 g/mol. The van der Waals surface area contributed by atoms with E-state index in [9.17, 15) is 9.18 Å². The average Bonchev–Trinajstić information content (AvgIpc) is 2.82. The Morgan fingerprint density at radius 2 is 1.91 bits per heavy atom. The number of methoxy groups -OCH3 is 1. The van der Waals surface area contributed by atoms with Gasteiger partial charge in [0.1, 0.15) is 22.9 Å². The molecule has 3 heterocycles. The van der Waals surface area contributed by atoms with Crippen molar-refractivity contribution in [2.75, 3.05) is 32.1 Å². The number of rotatable bonds is 5. The van der Waals surface area contributed by atoms with Gasteiger partial charge in [-0.3, -0.25) is 9.78 Å². The van der Waals surface area contributed by atoms with Crippen LogP contribution in [0, 0.1) is 11.7 Å². The Morgan fingerprint density at radius 3 is 2.61 bits per heavy atom. The molecule has 33 heavy (non-hydrogen) atoms. The van der Waals surface area contributed by atoms with Crippen LogP contribution in [-0.2, 0) is 4.79 Å². The third-order valence-corrected chi connectivity index (χ3v) is 5.84. The molecular weight excluding hydrogens is 421 g/mol. The van der Waals surface area contributed by atoms with Gasteiger partial charge in [-0.05, 0) is 47.5 Å². The molecule has 2 aromatic carbocycles. The zero-order valence-corrected chi connectivity index (χ0v) is 18.2. The lowest BCUT2D eigenvalue weighted by atomic mass is 9.97. The number of halogens is 1. The Morgan fingerprint density at radius 1 is 1.09 bits per heavy atom. The summed E-state index contributed by atoms with van der Waals surface area (Å²) in [6.07, 6.45) is 3.41. The number of nitrogens with zero attached hydrogens (tertiary/aromatic N) is 4. The molecule has 4 aromatic rings. The lowest BCUT2D eigenvalue weighted by Crippen LogP contribution is -2.53. The molecule has 166 valence electrons. The van der Waals surface area contributed by atoms with Gasteiger partial charge in [-0.1, -0.05) is 12.1 Å². The number of nitrogens with one attached hydrogen (secondary N) is 1. The Hall–Kier alpha value is -4.07. The maximum Gasteiger partial charge on any atom is 0.226 e. The number of aromatic nitrogens is 3. The predicted octanol–water partition coefficient (Wildman–Crippen LogP) is 3.69. The molecule has 0 saturated carbocycles. The fourth-order valence-electron chi connectivity index (χ4n) is 4.06. The molecule has 1 aliphatic heterocycles. The SMILES string of the molecule is CNC(=O)C1CN(c2nc(-c3cccnc3)nc3c(OC)cc(-c4cccc(F)c4)cc23)C1. The fraction of sp³-hybridized carbons (Fsp3) is 0.200. The third-order valence-electron chi connectivity index (χ3n) is 5.84. The van der Waals surface area contributed by atoms with Gasteiger partial charge in [-0.2, -0.15) is 0 Å². The van der Waals surface area contributed by atoms with Crippen molar-refractivity contribution in [2.24, 2.45) is 5.92 Å². The first-order valence-corrected chi connectivity index (χ1v) is 10.6. The van der Waals surface area contributed by atoms with Gasteiger partial charge in [0.15, 0.2) is 5.82 Å². The third kappa shape index (κ3) is 3.84. The lowest BCUT2D eigenvalue weighted by Gasteiger charge is -2.39. The number of anilines is 1. The van der Waals surface area contributed by atoms with Crippen LogP contribution >= 0.6 is 0 Å². The second-order valence-electron chi connectivity index (χ2n) is 7.91. The average molecular weight is 443 g/mol. The van der Waals surface area contributed by atoms with Gasteiger partial charge in [-0.25, -0.2) is 14.4 Å².